The lowest BCUT2D eigenvalue weighted by molar-refractivity contribution is 1.85. The van der Waals surface area contributed by atoms with Crippen molar-refractivity contribution in [2.24, 2.45) is 0 Å². The van der Waals surface area contributed by atoms with Crippen molar-refractivity contribution in [2.75, 3.05) is 0 Å². The Morgan fingerprint density at radius 3 is 0.846 bits per heavy atom. The van der Waals surface area contributed by atoms with E-state index in [0.29, 0.717) is 0 Å². The first kappa shape index (κ1) is 25.2. The van der Waals surface area contributed by atoms with Crippen LogP contribution in [0.3, 0.4) is 0 Å². The maximum absolute atomic E-state index is 2.47. The summed E-state index contributed by atoms with van der Waals surface area (Å²) in [5, 5.41) is 38.6. The molecule has 0 spiro atoms. The molecule has 15 aromatic rings. The third kappa shape index (κ3) is 2.51. The van der Waals surface area contributed by atoms with E-state index < -0.39 is 0 Å². The zero-order chi connectivity index (χ0) is 33.1. The van der Waals surface area contributed by atoms with Gasteiger partial charge in [0.15, 0.2) is 0 Å². The number of fused-ring (bicyclic) bond motifs is 16. The molecule has 0 aliphatic carbocycles. The highest BCUT2D eigenvalue weighted by molar-refractivity contribution is 6.51. The first-order valence-electron chi connectivity index (χ1n) is 18.4. The van der Waals surface area contributed by atoms with Gasteiger partial charge in [-0.2, -0.15) is 0 Å². The Labute approximate surface area is 295 Å². The van der Waals surface area contributed by atoms with E-state index in [-0.39, 0.29) is 0 Å². The molecule has 0 nitrogen and oxygen atoms in total. The van der Waals surface area contributed by atoms with Crippen LogP contribution in [-0.4, -0.2) is 0 Å². The second-order valence-electron chi connectivity index (χ2n) is 15.4. The molecule has 0 saturated heterocycles. The molecule has 0 heterocycles. The molecule has 0 radical (unpaired) electrons. The van der Waals surface area contributed by atoms with Gasteiger partial charge in [-0.15, -0.1) is 0 Å². The van der Waals surface area contributed by atoms with Crippen LogP contribution in [0.2, 0.25) is 0 Å². The van der Waals surface area contributed by atoms with Crippen molar-refractivity contribution in [2.45, 2.75) is 0 Å². The van der Waals surface area contributed by atoms with Crippen molar-refractivity contribution in [3.8, 4) is 0 Å². The summed E-state index contributed by atoms with van der Waals surface area (Å²) < 4.78 is 0. The van der Waals surface area contributed by atoms with Crippen molar-refractivity contribution in [3.63, 3.8) is 0 Å². The average Bonchev–Trinajstić information content (AvgIpc) is 3.91. The Morgan fingerprint density at radius 2 is 0.423 bits per heavy atom. The lowest BCUT2D eigenvalue weighted by atomic mass is 9.88. The van der Waals surface area contributed by atoms with Crippen molar-refractivity contribution >= 4 is 151 Å². The van der Waals surface area contributed by atoms with E-state index in [0.717, 1.165) is 0 Å². The van der Waals surface area contributed by atoms with Crippen molar-refractivity contribution < 1.29 is 0 Å². The van der Waals surface area contributed by atoms with E-state index in [4.69, 9.17) is 0 Å². The van der Waals surface area contributed by atoms with Gasteiger partial charge in [-0.1, -0.05) is 133 Å². The monoisotopic (exact) mass is 648 g/mol. The molecular weight excluding hydrogens is 625 g/mol. The molecule has 0 aliphatic rings. The molecule has 0 fully saturated rings. The summed E-state index contributed by atoms with van der Waals surface area (Å²) >= 11 is 0. The largest absolute Gasteiger partial charge is 0.0616 e. The Hall–Kier alpha value is -6.76. The maximum Gasteiger partial charge on any atom is -0.000785 e. The van der Waals surface area contributed by atoms with E-state index in [1.165, 1.54) is 151 Å². The Kier molecular flexibility index (Phi) is 3.92. The van der Waals surface area contributed by atoms with E-state index >= 15 is 0 Å². The molecule has 15 rings (SSSR count). The van der Waals surface area contributed by atoms with Crippen molar-refractivity contribution in [1.82, 2.24) is 0 Å². The molecule has 0 saturated carbocycles. The van der Waals surface area contributed by atoms with Gasteiger partial charge in [-0.3, -0.25) is 0 Å². The summed E-state index contributed by atoms with van der Waals surface area (Å²) in [5.74, 6) is 0. The number of hydrogen-bond acceptors (Lipinski definition) is 0. The molecule has 0 N–H and O–H groups in total. The first-order valence-corrected chi connectivity index (χ1v) is 18.4. The lowest BCUT2D eigenvalue weighted by Gasteiger charge is -2.15. The molecule has 0 amide bonds. The van der Waals surface area contributed by atoms with Gasteiger partial charge in [0, 0.05) is 0 Å². The zero-order valence-corrected chi connectivity index (χ0v) is 27.9. The topological polar surface area (TPSA) is 0 Å². The van der Waals surface area contributed by atoms with E-state index in [1.54, 1.807) is 0 Å². The molecule has 0 unspecified atom stereocenters. The van der Waals surface area contributed by atoms with E-state index in [2.05, 4.69) is 146 Å². The summed E-state index contributed by atoms with van der Waals surface area (Å²) in [4.78, 5) is 0. The minimum atomic E-state index is 1.33. The predicted octanol–water partition coefficient (Wildman–Crippen LogP) is 15.0. The molecule has 15 aromatic carbocycles. The fourth-order valence-electron chi connectivity index (χ4n) is 11.5. The first-order chi connectivity index (χ1) is 25.8. The Balaban J connectivity index is 1.16. The molecule has 0 aromatic heterocycles. The quantitative estimate of drug-likeness (QED) is 0.113. The van der Waals surface area contributed by atoms with Crippen LogP contribution in [0.1, 0.15) is 0 Å². The molecule has 0 atom stereocenters. The van der Waals surface area contributed by atoms with Gasteiger partial charge in [0.25, 0.3) is 0 Å². The molecule has 0 aliphatic heterocycles. The van der Waals surface area contributed by atoms with Gasteiger partial charge < -0.3 is 0 Å². The SMILES string of the molecule is c1ccc2c(c1)c1cccc3cc4c5ccc6c7ccc8c9c(ccc(c%10ccc(c5c6%10)c4c2c31)c79)c1cc2cccc3c4ccccc4c(c23)c18. The lowest BCUT2D eigenvalue weighted by Crippen LogP contribution is -1.87. The molecule has 52 heavy (non-hydrogen) atoms. The Morgan fingerprint density at radius 1 is 0.154 bits per heavy atom. The van der Waals surface area contributed by atoms with Gasteiger partial charge in [-0.05, 0) is 163 Å². The molecule has 232 valence electrons. The molecule has 0 heteroatoms. The predicted molar refractivity (Wildman–Crippen MR) is 227 cm³/mol. The van der Waals surface area contributed by atoms with Crippen molar-refractivity contribution in [1.29, 1.82) is 0 Å². The molecular formula is C52H24. The highest BCUT2D eigenvalue weighted by Gasteiger charge is 2.26. The van der Waals surface area contributed by atoms with Crippen LogP contribution >= 0.6 is 0 Å². The molecule has 0 bridgehead atoms. The van der Waals surface area contributed by atoms with Gasteiger partial charge in [0.05, 0.1) is 0 Å². The third-order valence-electron chi connectivity index (χ3n) is 13.3. The summed E-state index contributed by atoms with van der Waals surface area (Å²) in [6.45, 7) is 0. The normalized spacial score (nSPS) is 13.4. The highest BCUT2D eigenvalue weighted by atomic mass is 14.3. The Bertz CT molecular complexity index is 3780. The van der Waals surface area contributed by atoms with Crippen LogP contribution in [-0.2, 0) is 0 Å². The number of rotatable bonds is 0. The maximum atomic E-state index is 2.47. The smallest absolute Gasteiger partial charge is 0.000785 e. The summed E-state index contributed by atoms with van der Waals surface area (Å²) in [6.07, 6.45) is 0. The standard InChI is InChI=1S/C52H24/c1-3-11-31-27(9-1)29-13-5-7-25-23-41-37-17-15-33-36-20-22-40-48-38(42-24-26-8-6-14-30-28-10-2-4-12-32(28)52(44(26)30)50(40)42)18-16-34(46(36)48)35-19-21-39(47(37)45(33)35)49(41)51(31)43(25)29/h1-24H. The number of benzene rings is 11. The van der Waals surface area contributed by atoms with Crippen LogP contribution in [0, 0.1) is 0 Å². The second-order valence-corrected chi connectivity index (χ2v) is 15.4. The third-order valence-corrected chi connectivity index (χ3v) is 13.3. The summed E-state index contributed by atoms with van der Waals surface area (Å²) in [5.41, 5.74) is 0. The number of hydrogen-bond donors (Lipinski definition) is 0. The van der Waals surface area contributed by atoms with Crippen LogP contribution < -0.4 is 0 Å². The highest BCUT2D eigenvalue weighted by Crippen LogP contribution is 2.54. The van der Waals surface area contributed by atoms with Crippen LogP contribution in [0.25, 0.3) is 151 Å². The van der Waals surface area contributed by atoms with Gasteiger partial charge in [0.1, 0.15) is 0 Å². The minimum absolute atomic E-state index is 1.33. The fourth-order valence-corrected chi connectivity index (χ4v) is 11.5. The average molecular weight is 649 g/mol. The summed E-state index contributed by atoms with van der Waals surface area (Å²) in [7, 11) is 0. The van der Waals surface area contributed by atoms with Gasteiger partial charge in [0.2, 0.25) is 0 Å². The van der Waals surface area contributed by atoms with Gasteiger partial charge >= 0.3 is 0 Å². The van der Waals surface area contributed by atoms with Crippen molar-refractivity contribution in [3.05, 3.63) is 146 Å². The minimum Gasteiger partial charge on any atom is -0.0616 e. The zero-order valence-electron chi connectivity index (χ0n) is 27.9. The van der Waals surface area contributed by atoms with Crippen LogP contribution in [0.5, 0.6) is 0 Å². The second kappa shape index (κ2) is 8.07. The van der Waals surface area contributed by atoms with E-state index in [1.807, 2.05) is 0 Å². The summed E-state index contributed by atoms with van der Waals surface area (Å²) in [6, 6.07) is 56.1. The van der Waals surface area contributed by atoms with Gasteiger partial charge in [-0.25, -0.2) is 0 Å². The fraction of sp³-hybridized carbons (Fsp3) is 0. The van der Waals surface area contributed by atoms with Crippen LogP contribution in [0.4, 0.5) is 0 Å². The van der Waals surface area contributed by atoms with E-state index in [9.17, 15) is 0 Å². The van der Waals surface area contributed by atoms with Crippen LogP contribution in [0.15, 0.2) is 146 Å².